The van der Waals surface area contributed by atoms with E-state index in [1.54, 1.807) is 13.1 Å². The molecule has 4 heteroatoms. The Bertz CT molecular complexity index is 605. The number of nitrogens with zero attached hydrogens (tertiary/aromatic N) is 2. The van der Waals surface area contributed by atoms with Crippen LogP contribution < -0.4 is 0 Å². The summed E-state index contributed by atoms with van der Waals surface area (Å²) in [6, 6.07) is 1.33. The van der Waals surface area contributed by atoms with Gasteiger partial charge in [-0.1, -0.05) is 5.57 Å². The van der Waals surface area contributed by atoms with Crippen LogP contribution in [0.3, 0.4) is 0 Å². The minimum absolute atomic E-state index is 0.0630. The minimum atomic E-state index is -0.520. The van der Waals surface area contributed by atoms with Crippen LogP contribution in [-0.4, -0.2) is 9.78 Å². The third-order valence-corrected chi connectivity index (χ3v) is 2.87. The highest BCUT2D eigenvalue weighted by Crippen LogP contribution is 2.33. The second-order valence-corrected chi connectivity index (χ2v) is 4.09. The van der Waals surface area contributed by atoms with Crippen molar-refractivity contribution in [3.8, 4) is 0 Å². The molecular weight excluding hydrogens is 210 g/mol. The van der Waals surface area contributed by atoms with Gasteiger partial charge in [0, 0.05) is 18.7 Å². The lowest BCUT2D eigenvalue weighted by molar-refractivity contribution is 0.586. The maximum Gasteiger partial charge on any atom is 0.144 e. The van der Waals surface area contributed by atoms with Crippen molar-refractivity contribution in [2.24, 2.45) is 7.05 Å². The van der Waals surface area contributed by atoms with Gasteiger partial charge in [-0.3, -0.25) is 4.68 Å². The molecule has 0 saturated heterocycles. The van der Waals surface area contributed by atoms with Crippen LogP contribution in [0.1, 0.15) is 18.4 Å². The molecule has 2 nitrogen and oxygen atoms in total. The average Bonchev–Trinajstić information content (AvgIpc) is 2.99. The van der Waals surface area contributed by atoms with E-state index < -0.39 is 11.6 Å². The van der Waals surface area contributed by atoms with Crippen molar-refractivity contribution in [2.45, 2.75) is 12.8 Å². The predicted octanol–water partition coefficient (Wildman–Crippen LogP) is 3.03. The molecule has 1 aromatic heterocycles. The van der Waals surface area contributed by atoms with Crippen LogP contribution in [0, 0.1) is 11.6 Å². The van der Waals surface area contributed by atoms with E-state index in [2.05, 4.69) is 5.10 Å². The van der Waals surface area contributed by atoms with Crippen LogP contribution in [-0.2, 0) is 7.05 Å². The Morgan fingerprint density at radius 3 is 2.81 bits per heavy atom. The molecule has 0 spiro atoms. The van der Waals surface area contributed by atoms with Crippen LogP contribution >= 0.6 is 0 Å². The molecule has 2 aromatic rings. The first-order valence-corrected chi connectivity index (χ1v) is 5.16. The van der Waals surface area contributed by atoms with Gasteiger partial charge in [-0.15, -0.1) is 0 Å². The van der Waals surface area contributed by atoms with Crippen LogP contribution in [0.15, 0.2) is 17.8 Å². The number of halogens is 2. The van der Waals surface area contributed by atoms with Crippen molar-refractivity contribution in [3.63, 3.8) is 0 Å². The lowest BCUT2D eigenvalue weighted by Crippen LogP contribution is -1.93. The van der Waals surface area contributed by atoms with Crippen molar-refractivity contribution in [3.05, 3.63) is 35.0 Å². The van der Waals surface area contributed by atoms with E-state index >= 15 is 0 Å². The molecule has 0 unspecified atom stereocenters. The van der Waals surface area contributed by atoms with Gasteiger partial charge in [0.25, 0.3) is 0 Å². The van der Waals surface area contributed by atoms with Gasteiger partial charge in [-0.2, -0.15) is 5.10 Å². The highest BCUT2D eigenvalue weighted by molar-refractivity contribution is 5.83. The molecule has 0 bridgehead atoms. The summed E-state index contributed by atoms with van der Waals surface area (Å²) < 4.78 is 29.2. The monoisotopic (exact) mass is 220 g/mol. The molecule has 82 valence electrons. The molecule has 16 heavy (non-hydrogen) atoms. The number of allylic oxidation sites excluding steroid dienone is 1. The lowest BCUT2D eigenvalue weighted by Gasteiger charge is -2.02. The van der Waals surface area contributed by atoms with Gasteiger partial charge in [0.15, 0.2) is 0 Å². The summed E-state index contributed by atoms with van der Waals surface area (Å²) >= 11 is 0. The number of rotatable bonds is 1. The fraction of sp³-hybridized carbons (Fsp3) is 0.250. The Morgan fingerprint density at radius 1 is 1.38 bits per heavy atom. The van der Waals surface area contributed by atoms with E-state index in [0.29, 0.717) is 10.9 Å². The predicted molar refractivity (Wildman–Crippen MR) is 57.8 cm³/mol. The van der Waals surface area contributed by atoms with E-state index in [0.717, 1.165) is 18.4 Å². The van der Waals surface area contributed by atoms with Gasteiger partial charge >= 0.3 is 0 Å². The first-order chi connectivity index (χ1) is 7.66. The summed E-state index contributed by atoms with van der Waals surface area (Å²) in [6.45, 7) is 0. The van der Waals surface area contributed by atoms with E-state index in [-0.39, 0.29) is 5.56 Å². The normalized spacial score (nSPS) is 14.6. The number of benzene rings is 1. The molecule has 0 N–H and O–H groups in total. The summed E-state index contributed by atoms with van der Waals surface area (Å²) in [5.41, 5.74) is 1.64. The summed E-state index contributed by atoms with van der Waals surface area (Å²) in [6.07, 6.45) is 4.93. The van der Waals surface area contributed by atoms with Crippen LogP contribution in [0.4, 0.5) is 8.78 Å². The van der Waals surface area contributed by atoms with E-state index in [4.69, 9.17) is 0 Å². The molecule has 1 aromatic carbocycles. The molecule has 0 aliphatic heterocycles. The Balaban J connectivity index is 2.32. The SMILES string of the molecule is Cn1ncc2c(F)c(C=C3CC3)c(F)cc21. The average molecular weight is 220 g/mol. The van der Waals surface area contributed by atoms with Crippen molar-refractivity contribution >= 4 is 17.0 Å². The Labute approximate surface area is 91.2 Å². The number of hydrogen-bond donors (Lipinski definition) is 0. The number of aromatic nitrogens is 2. The maximum atomic E-state index is 14.0. The van der Waals surface area contributed by atoms with Gasteiger partial charge in [0.1, 0.15) is 11.6 Å². The van der Waals surface area contributed by atoms with Crippen molar-refractivity contribution in [2.75, 3.05) is 0 Å². The van der Waals surface area contributed by atoms with E-state index in [9.17, 15) is 8.78 Å². The Morgan fingerprint density at radius 2 is 2.12 bits per heavy atom. The molecule has 0 amide bonds. The molecule has 1 aliphatic carbocycles. The topological polar surface area (TPSA) is 17.8 Å². The molecular formula is C12H10F2N2. The van der Waals surface area contributed by atoms with Crippen LogP contribution in [0.25, 0.3) is 17.0 Å². The fourth-order valence-electron chi connectivity index (χ4n) is 1.79. The van der Waals surface area contributed by atoms with Crippen LogP contribution in [0.5, 0.6) is 0 Å². The highest BCUT2D eigenvalue weighted by Gasteiger charge is 2.18. The fourth-order valence-corrected chi connectivity index (χ4v) is 1.79. The van der Waals surface area contributed by atoms with Gasteiger partial charge in [0.05, 0.1) is 17.1 Å². The third-order valence-electron chi connectivity index (χ3n) is 2.87. The smallest absolute Gasteiger partial charge is 0.144 e. The largest absolute Gasteiger partial charge is 0.268 e. The molecule has 0 atom stereocenters. The molecule has 1 fully saturated rings. The van der Waals surface area contributed by atoms with Crippen LogP contribution in [0.2, 0.25) is 0 Å². The second-order valence-electron chi connectivity index (χ2n) is 4.09. The first-order valence-electron chi connectivity index (χ1n) is 5.16. The first kappa shape index (κ1) is 9.51. The molecule has 1 saturated carbocycles. The third kappa shape index (κ3) is 1.33. The summed E-state index contributed by atoms with van der Waals surface area (Å²) in [4.78, 5) is 0. The summed E-state index contributed by atoms with van der Waals surface area (Å²) in [5, 5.41) is 4.29. The lowest BCUT2D eigenvalue weighted by atomic mass is 10.1. The van der Waals surface area contributed by atoms with E-state index in [1.165, 1.54) is 16.9 Å². The summed E-state index contributed by atoms with van der Waals surface area (Å²) in [5.74, 6) is -1.03. The zero-order chi connectivity index (χ0) is 11.3. The number of hydrogen-bond acceptors (Lipinski definition) is 1. The Kier molecular flexibility index (Phi) is 1.87. The molecule has 1 heterocycles. The zero-order valence-corrected chi connectivity index (χ0v) is 8.80. The quantitative estimate of drug-likeness (QED) is 0.722. The van der Waals surface area contributed by atoms with Gasteiger partial charge in [-0.05, 0) is 18.9 Å². The van der Waals surface area contributed by atoms with Gasteiger partial charge < -0.3 is 0 Å². The van der Waals surface area contributed by atoms with E-state index in [1.807, 2.05) is 0 Å². The highest BCUT2D eigenvalue weighted by atomic mass is 19.1. The van der Waals surface area contributed by atoms with Crippen molar-refractivity contribution in [1.29, 1.82) is 0 Å². The van der Waals surface area contributed by atoms with Gasteiger partial charge in [0.2, 0.25) is 0 Å². The van der Waals surface area contributed by atoms with Gasteiger partial charge in [-0.25, -0.2) is 8.78 Å². The molecule has 1 aliphatic rings. The standard InChI is InChI=1S/C12H10F2N2/c1-16-11-5-10(13)8(4-7-2-3-7)12(14)9(11)6-15-16/h4-6H,2-3H2,1H3. The maximum absolute atomic E-state index is 14.0. The summed E-state index contributed by atoms with van der Waals surface area (Å²) in [7, 11) is 1.67. The number of aryl methyl sites for hydroxylation is 1. The molecule has 3 rings (SSSR count). The van der Waals surface area contributed by atoms with Crippen molar-refractivity contribution < 1.29 is 8.78 Å². The number of fused-ring (bicyclic) bond motifs is 1. The zero-order valence-electron chi connectivity index (χ0n) is 8.80. The second kappa shape index (κ2) is 3.14. The molecule has 0 radical (unpaired) electrons. The minimum Gasteiger partial charge on any atom is -0.268 e. The van der Waals surface area contributed by atoms with Crippen molar-refractivity contribution in [1.82, 2.24) is 9.78 Å². The Hall–Kier alpha value is -1.71.